The number of benzene rings is 3. The highest BCUT2D eigenvalue weighted by Gasteiger charge is 2.21. The number of para-hydroxylation sites is 1. The van der Waals surface area contributed by atoms with Gasteiger partial charge in [-0.05, 0) is 60.0 Å². The van der Waals surface area contributed by atoms with Gasteiger partial charge in [-0.3, -0.25) is 0 Å². The van der Waals surface area contributed by atoms with Gasteiger partial charge in [0.25, 0.3) is 0 Å². The van der Waals surface area contributed by atoms with Gasteiger partial charge in [0.1, 0.15) is 23.2 Å². The lowest BCUT2D eigenvalue weighted by Gasteiger charge is -2.25. The highest BCUT2D eigenvalue weighted by atomic mass is 19.1. The lowest BCUT2D eigenvalue weighted by atomic mass is 10.0. The number of aromatic nitrogens is 1. The molecule has 3 aromatic carbocycles. The summed E-state index contributed by atoms with van der Waals surface area (Å²) >= 11 is 0. The van der Waals surface area contributed by atoms with Crippen LogP contribution in [0.3, 0.4) is 0 Å². The molecule has 1 heterocycles. The molecule has 1 aromatic heterocycles. The molecule has 0 spiro atoms. The zero-order valence-corrected chi connectivity index (χ0v) is 18.8. The Bertz CT molecular complexity index is 1230. The summed E-state index contributed by atoms with van der Waals surface area (Å²) in [7, 11) is 1.61. The molecule has 0 aliphatic carbocycles. The van der Waals surface area contributed by atoms with Gasteiger partial charge < -0.3 is 20.5 Å². The lowest BCUT2D eigenvalue weighted by molar-refractivity contribution is 0.148. The van der Waals surface area contributed by atoms with Crippen molar-refractivity contribution in [3.8, 4) is 5.75 Å². The predicted molar refractivity (Wildman–Crippen MR) is 130 cm³/mol. The number of anilines is 1. The van der Waals surface area contributed by atoms with Crippen LogP contribution >= 0.6 is 0 Å². The zero-order chi connectivity index (χ0) is 23.9. The highest BCUT2D eigenvalue weighted by molar-refractivity contribution is 5.80. The van der Waals surface area contributed by atoms with E-state index in [1.165, 1.54) is 12.1 Å². The van der Waals surface area contributed by atoms with E-state index in [0.29, 0.717) is 17.9 Å². The smallest absolute Gasteiger partial charge is 0.126 e. The average Bonchev–Trinajstić information content (AvgIpc) is 2.83. The second-order valence-corrected chi connectivity index (χ2v) is 8.17. The van der Waals surface area contributed by atoms with Crippen molar-refractivity contribution in [3.05, 3.63) is 102 Å². The van der Waals surface area contributed by atoms with E-state index in [4.69, 9.17) is 4.74 Å². The molecule has 3 N–H and O–H groups in total. The van der Waals surface area contributed by atoms with Crippen LogP contribution in [0.5, 0.6) is 5.75 Å². The molecule has 2 atom stereocenters. The number of nitrogens with one attached hydrogen (secondary N) is 2. The Morgan fingerprint density at radius 2 is 1.71 bits per heavy atom. The molecule has 0 amide bonds. The van der Waals surface area contributed by atoms with Gasteiger partial charge in [-0.1, -0.05) is 30.3 Å². The van der Waals surface area contributed by atoms with Gasteiger partial charge in [0.2, 0.25) is 0 Å². The molecule has 7 heteroatoms. The summed E-state index contributed by atoms with van der Waals surface area (Å²) in [6.07, 6.45) is -0.643. The molecule has 0 bridgehead atoms. The van der Waals surface area contributed by atoms with Crippen LogP contribution in [0.1, 0.15) is 11.1 Å². The number of hydrogen-bond acceptors (Lipinski definition) is 5. The number of aliphatic hydroxyl groups is 1. The van der Waals surface area contributed by atoms with E-state index >= 15 is 0 Å². The van der Waals surface area contributed by atoms with Gasteiger partial charge >= 0.3 is 0 Å². The lowest BCUT2D eigenvalue weighted by Crippen LogP contribution is -2.42. The summed E-state index contributed by atoms with van der Waals surface area (Å²) in [5.41, 5.74) is 2.27. The molecule has 2 unspecified atom stereocenters. The first-order valence-electron chi connectivity index (χ1n) is 11.1. The second kappa shape index (κ2) is 11.0. The SMILES string of the molecule is COc1cccc(CNCC(O)C(Cc2cc(F)cc(F)c2)Nc2ccc3ccccc3n2)c1. The van der Waals surface area contributed by atoms with E-state index in [1.54, 1.807) is 7.11 Å². The Labute approximate surface area is 197 Å². The van der Waals surface area contributed by atoms with E-state index in [0.717, 1.165) is 28.3 Å². The molecule has 4 rings (SSSR count). The number of halogens is 2. The zero-order valence-electron chi connectivity index (χ0n) is 18.8. The number of methoxy groups -OCH3 is 1. The number of hydrogen-bond donors (Lipinski definition) is 3. The maximum Gasteiger partial charge on any atom is 0.126 e. The molecule has 4 aromatic rings. The first kappa shape index (κ1) is 23.6. The summed E-state index contributed by atoms with van der Waals surface area (Å²) < 4.78 is 32.8. The van der Waals surface area contributed by atoms with Crippen LogP contribution in [0.15, 0.2) is 78.9 Å². The Balaban J connectivity index is 1.49. The van der Waals surface area contributed by atoms with Crippen molar-refractivity contribution in [1.29, 1.82) is 0 Å². The Morgan fingerprint density at radius 1 is 0.912 bits per heavy atom. The van der Waals surface area contributed by atoms with Crippen molar-refractivity contribution in [2.75, 3.05) is 19.0 Å². The molecule has 0 aliphatic rings. The summed E-state index contributed by atoms with van der Waals surface area (Å²) in [6.45, 7) is 0.796. The third-order valence-corrected chi connectivity index (χ3v) is 5.59. The van der Waals surface area contributed by atoms with Gasteiger partial charge in [0.05, 0.1) is 24.8 Å². The molecule has 5 nitrogen and oxygen atoms in total. The van der Waals surface area contributed by atoms with Crippen molar-refractivity contribution in [1.82, 2.24) is 10.3 Å². The Kier molecular flexibility index (Phi) is 7.67. The quantitative estimate of drug-likeness (QED) is 0.318. The van der Waals surface area contributed by atoms with Crippen molar-refractivity contribution in [2.24, 2.45) is 0 Å². The largest absolute Gasteiger partial charge is 0.497 e. The fraction of sp³-hybridized carbons (Fsp3) is 0.222. The van der Waals surface area contributed by atoms with Crippen LogP contribution in [0.4, 0.5) is 14.6 Å². The Morgan fingerprint density at radius 3 is 2.50 bits per heavy atom. The van der Waals surface area contributed by atoms with E-state index in [-0.39, 0.29) is 13.0 Å². The standard InChI is InChI=1S/C27H27F2N3O2/c1-34-23-7-4-5-18(13-23)16-30-17-26(33)25(14-19-11-21(28)15-22(29)12-19)32-27-10-9-20-6-2-3-8-24(20)31-27/h2-13,15,25-26,30,33H,14,16-17H2,1H3,(H,31,32). The van der Waals surface area contributed by atoms with Crippen molar-refractivity contribution in [3.63, 3.8) is 0 Å². The average molecular weight is 464 g/mol. The van der Waals surface area contributed by atoms with Crippen LogP contribution in [-0.4, -0.2) is 35.9 Å². The van der Waals surface area contributed by atoms with Crippen molar-refractivity contribution < 1.29 is 18.6 Å². The van der Waals surface area contributed by atoms with Gasteiger partial charge in [-0.25, -0.2) is 13.8 Å². The molecule has 0 saturated carbocycles. The highest BCUT2D eigenvalue weighted by Crippen LogP contribution is 2.19. The van der Waals surface area contributed by atoms with Gasteiger partial charge in [0, 0.05) is 24.5 Å². The number of rotatable bonds is 10. The minimum atomic E-state index is -0.856. The number of nitrogens with zero attached hydrogens (tertiary/aromatic N) is 1. The van der Waals surface area contributed by atoms with Crippen LogP contribution in [0.2, 0.25) is 0 Å². The first-order valence-corrected chi connectivity index (χ1v) is 11.1. The molecule has 0 aliphatic heterocycles. The van der Waals surface area contributed by atoms with E-state index in [2.05, 4.69) is 15.6 Å². The van der Waals surface area contributed by atoms with Gasteiger partial charge in [-0.15, -0.1) is 0 Å². The van der Waals surface area contributed by atoms with Crippen LogP contribution < -0.4 is 15.4 Å². The number of pyridine rings is 1. The number of aliphatic hydroxyl groups excluding tert-OH is 1. The normalized spacial score (nSPS) is 12.9. The van der Waals surface area contributed by atoms with Crippen LogP contribution in [-0.2, 0) is 13.0 Å². The molecule has 0 radical (unpaired) electrons. The maximum atomic E-state index is 13.8. The Hall–Kier alpha value is -3.55. The summed E-state index contributed by atoms with van der Waals surface area (Å²) in [4.78, 5) is 4.62. The monoisotopic (exact) mass is 463 g/mol. The summed E-state index contributed by atoms with van der Waals surface area (Å²) in [5, 5.41) is 18.5. The minimum absolute atomic E-state index is 0.213. The molecule has 176 valence electrons. The van der Waals surface area contributed by atoms with Crippen molar-refractivity contribution in [2.45, 2.75) is 25.1 Å². The molecular formula is C27H27F2N3O2. The van der Waals surface area contributed by atoms with Crippen LogP contribution in [0, 0.1) is 11.6 Å². The molecule has 0 fully saturated rings. The second-order valence-electron chi connectivity index (χ2n) is 8.17. The fourth-order valence-corrected chi connectivity index (χ4v) is 3.89. The fourth-order valence-electron chi connectivity index (χ4n) is 3.89. The van der Waals surface area contributed by atoms with E-state index in [9.17, 15) is 13.9 Å². The maximum absolute atomic E-state index is 13.8. The molecule has 34 heavy (non-hydrogen) atoms. The number of fused-ring (bicyclic) bond motifs is 1. The van der Waals surface area contributed by atoms with E-state index in [1.807, 2.05) is 60.7 Å². The first-order chi connectivity index (χ1) is 16.5. The number of ether oxygens (including phenoxy) is 1. The van der Waals surface area contributed by atoms with Gasteiger partial charge in [0.15, 0.2) is 0 Å². The van der Waals surface area contributed by atoms with Crippen molar-refractivity contribution >= 4 is 16.7 Å². The molecular weight excluding hydrogens is 436 g/mol. The van der Waals surface area contributed by atoms with Crippen LogP contribution in [0.25, 0.3) is 10.9 Å². The predicted octanol–water partition coefficient (Wildman–Crippen LogP) is 4.70. The summed E-state index contributed by atoms with van der Waals surface area (Å²) in [5.74, 6) is 0.0359. The van der Waals surface area contributed by atoms with E-state index < -0.39 is 23.8 Å². The topological polar surface area (TPSA) is 66.4 Å². The third-order valence-electron chi connectivity index (χ3n) is 5.59. The third kappa shape index (κ3) is 6.27. The minimum Gasteiger partial charge on any atom is -0.497 e. The van der Waals surface area contributed by atoms with Gasteiger partial charge in [-0.2, -0.15) is 0 Å². The molecule has 0 saturated heterocycles. The summed E-state index contributed by atoms with van der Waals surface area (Å²) in [6, 6.07) is 22.0.